The van der Waals surface area contributed by atoms with Gasteiger partial charge in [0, 0.05) is 45.0 Å². The van der Waals surface area contributed by atoms with Crippen molar-refractivity contribution in [3.8, 4) is 11.5 Å². The van der Waals surface area contributed by atoms with E-state index >= 15 is 0 Å². The van der Waals surface area contributed by atoms with E-state index in [9.17, 15) is 18.0 Å². The number of ether oxygens (including phenoxy) is 5. The van der Waals surface area contributed by atoms with E-state index in [-0.39, 0.29) is 54.7 Å². The minimum Gasteiger partial charge on any atom is -0.493 e. The number of esters is 1. The molecule has 2 aromatic carbocycles. The molecule has 0 aliphatic rings. The van der Waals surface area contributed by atoms with Gasteiger partial charge in [-0.15, -0.1) is 0 Å². The van der Waals surface area contributed by atoms with Crippen LogP contribution >= 0.6 is 11.3 Å². The summed E-state index contributed by atoms with van der Waals surface area (Å²) in [5.74, 6) is -0.168. The molecule has 0 saturated heterocycles. The molecule has 218 valence electrons. The highest BCUT2D eigenvalue weighted by Crippen LogP contribution is 2.33. The van der Waals surface area contributed by atoms with Crippen molar-refractivity contribution in [1.29, 1.82) is 0 Å². The van der Waals surface area contributed by atoms with Crippen LogP contribution in [0.4, 0.5) is 0 Å². The summed E-state index contributed by atoms with van der Waals surface area (Å²) in [6.07, 6.45) is 0. The highest BCUT2D eigenvalue weighted by molar-refractivity contribution is 7.89. The fourth-order valence-electron chi connectivity index (χ4n) is 3.78. The van der Waals surface area contributed by atoms with Gasteiger partial charge in [0.2, 0.25) is 10.0 Å². The van der Waals surface area contributed by atoms with Crippen LogP contribution in [0.15, 0.2) is 46.3 Å². The van der Waals surface area contributed by atoms with E-state index in [1.54, 1.807) is 23.6 Å². The minimum atomic E-state index is -3.85. The summed E-state index contributed by atoms with van der Waals surface area (Å²) in [4.78, 5) is 30.0. The molecule has 3 aromatic rings. The van der Waals surface area contributed by atoms with Gasteiger partial charge in [-0.05, 0) is 31.2 Å². The first-order valence-corrected chi connectivity index (χ1v) is 14.5. The Morgan fingerprint density at radius 2 is 1.55 bits per heavy atom. The molecular weight excluding hydrogens is 562 g/mol. The van der Waals surface area contributed by atoms with Gasteiger partial charge in [0.1, 0.15) is 6.54 Å². The second-order valence-electron chi connectivity index (χ2n) is 8.28. The maximum Gasteiger partial charge on any atom is 0.326 e. The number of methoxy groups -OCH3 is 4. The normalized spacial score (nSPS) is 12.2. The lowest BCUT2D eigenvalue weighted by Crippen LogP contribution is -2.36. The van der Waals surface area contributed by atoms with Gasteiger partial charge < -0.3 is 28.3 Å². The Labute approximate surface area is 236 Å². The Bertz CT molecular complexity index is 1490. The number of nitrogens with zero attached hydrogens (tertiary/aromatic N) is 3. The van der Waals surface area contributed by atoms with Crippen LogP contribution in [0.2, 0.25) is 0 Å². The van der Waals surface area contributed by atoms with Crippen molar-refractivity contribution in [3.05, 3.63) is 46.8 Å². The molecule has 0 radical (unpaired) electrons. The number of amides is 1. The topological polar surface area (TPSA) is 135 Å². The van der Waals surface area contributed by atoms with Gasteiger partial charge in [0.05, 0.1) is 49.2 Å². The van der Waals surface area contributed by atoms with Gasteiger partial charge in [0.15, 0.2) is 16.3 Å². The van der Waals surface area contributed by atoms with Crippen molar-refractivity contribution >= 4 is 43.5 Å². The van der Waals surface area contributed by atoms with E-state index in [4.69, 9.17) is 23.7 Å². The van der Waals surface area contributed by atoms with Crippen LogP contribution in [-0.4, -0.2) is 90.5 Å². The lowest BCUT2D eigenvalue weighted by atomic mass is 10.2. The number of aromatic nitrogens is 1. The number of carbonyl (C=O) groups excluding carboxylic acids is 2. The number of hydrogen-bond acceptors (Lipinski definition) is 10. The molecule has 0 atom stereocenters. The van der Waals surface area contributed by atoms with Gasteiger partial charge in [-0.2, -0.15) is 9.30 Å². The Balaban J connectivity index is 2.00. The summed E-state index contributed by atoms with van der Waals surface area (Å²) in [5.41, 5.74) is 0.783. The Hall–Kier alpha value is -3.30. The number of benzene rings is 2. The van der Waals surface area contributed by atoms with Crippen molar-refractivity contribution in [2.45, 2.75) is 18.4 Å². The number of thiazole rings is 1. The molecule has 14 heteroatoms. The summed E-state index contributed by atoms with van der Waals surface area (Å²) in [6.45, 7) is 2.48. The molecule has 1 heterocycles. The summed E-state index contributed by atoms with van der Waals surface area (Å²) < 4.78 is 55.8. The van der Waals surface area contributed by atoms with Crippen LogP contribution in [-0.2, 0) is 35.6 Å². The standard InChI is InChI=1S/C26H33N3O9S2/c1-6-38-24(30)17-29-20-15-21(36-4)22(37-5)16-23(20)39-26(29)27-25(31)18-7-9-19(10-8-18)40(32,33)28(11-13-34-2)12-14-35-3/h7-10,15-16H,6,11-14,17H2,1-5H3. The summed E-state index contributed by atoms with van der Waals surface area (Å²) >= 11 is 1.19. The van der Waals surface area contributed by atoms with Crippen LogP contribution in [0.25, 0.3) is 10.2 Å². The third-order valence-corrected chi connectivity index (χ3v) is 8.76. The molecule has 0 aliphatic carbocycles. The first-order chi connectivity index (χ1) is 19.2. The molecule has 0 N–H and O–H groups in total. The molecule has 0 unspecified atom stereocenters. The van der Waals surface area contributed by atoms with Gasteiger partial charge in [-0.1, -0.05) is 11.3 Å². The van der Waals surface area contributed by atoms with Crippen LogP contribution in [0, 0.1) is 0 Å². The molecule has 0 saturated carbocycles. The molecular formula is C26H33N3O9S2. The quantitative estimate of drug-likeness (QED) is 0.257. The second kappa shape index (κ2) is 14.4. The second-order valence-corrected chi connectivity index (χ2v) is 11.2. The zero-order chi connectivity index (χ0) is 29.3. The van der Waals surface area contributed by atoms with E-state index in [0.29, 0.717) is 21.7 Å². The van der Waals surface area contributed by atoms with Crippen molar-refractivity contribution in [2.24, 2.45) is 4.99 Å². The zero-order valence-electron chi connectivity index (χ0n) is 23.0. The molecule has 0 fully saturated rings. The van der Waals surface area contributed by atoms with Crippen molar-refractivity contribution in [2.75, 3.05) is 61.3 Å². The Kier molecular flexibility index (Phi) is 11.2. The first kappa shape index (κ1) is 31.2. The maximum atomic E-state index is 13.2. The van der Waals surface area contributed by atoms with Gasteiger partial charge in [0.25, 0.3) is 5.91 Å². The monoisotopic (exact) mass is 595 g/mol. The zero-order valence-corrected chi connectivity index (χ0v) is 24.7. The predicted octanol–water partition coefficient (Wildman–Crippen LogP) is 2.31. The van der Waals surface area contributed by atoms with Crippen LogP contribution in [0.5, 0.6) is 11.5 Å². The molecule has 1 amide bonds. The van der Waals surface area contributed by atoms with Gasteiger partial charge >= 0.3 is 5.97 Å². The van der Waals surface area contributed by atoms with Crippen molar-refractivity contribution in [1.82, 2.24) is 8.87 Å². The highest BCUT2D eigenvalue weighted by atomic mass is 32.2. The molecule has 40 heavy (non-hydrogen) atoms. The number of hydrogen-bond donors (Lipinski definition) is 0. The van der Waals surface area contributed by atoms with Gasteiger partial charge in [-0.3, -0.25) is 9.59 Å². The number of rotatable bonds is 14. The third-order valence-electron chi connectivity index (χ3n) is 5.81. The summed E-state index contributed by atoms with van der Waals surface area (Å²) in [7, 11) is 2.14. The van der Waals surface area contributed by atoms with E-state index in [1.807, 2.05) is 0 Å². The Morgan fingerprint density at radius 1 is 0.950 bits per heavy atom. The molecule has 3 rings (SSSR count). The lowest BCUT2D eigenvalue weighted by Gasteiger charge is -2.21. The SMILES string of the molecule is CCOC(=O)Cn1c(=NC(=O)c2ccc(S(=O)(=O)N(CCOC)CCOC)cc2)sc2cc(OC)c(OC)cc21. The summed E-state index contributed by atoms with van der Waals surface area (Å²) in [5, 5.41) is 0. The van der Waals surface area contributed by atoms with Crippen molar-refractivity contribution < 1.29 is 41.7 Å². The summed E-state index contributed by atoms with van der Waals surface area (Å²) in [6, 6.07) is 8.96. The minimum absolute atomic E-state index is 0.0229. The molecule has 0 bridgehead atoms. The average molecular weight is 596 g/mol. The number of sulfonamides is 1. The average Bonchev–Trinajstić information content (AvgIpc) is 3.27. The largest absolute Gasteiger partial charge is 0.493 e. The lowest BCUT2D eigenvalue weighted by molar-refractivity contribution is -0.143. The van der Waals surface area contributed by atoms with E-state index < -0.39 is 21.9 Å². The Morgan fingerprint density at radius 3 is 2.10 bits per heavy atom. The van der Waals surface area contributed by atoms with Crippen LogP contribution in [0.3, 0.4) is 0 Å². The van der Waals surface area contributed by atoms with E-state index in [2.05, 4.69) is 4.99 Å². The number of carbonyl (C=O) groups is 2. The van der Waals surface area contributed by atoms with Crippen LogP contribution < -0.4 is 14.3 Å². The third kappa shape index (κ3) is 7.26. The highest BCUT2D eigenvalue weighted by Gasteiger charge is 2.24. The van der Waals surface area contributed by atoms with Crippen molar-refractivity contribution in [3.63, 3.8) is 0 Å². The molecule has 0 aliphatic heterocycles. The first-order valence-electron chi connectivity index (χ1n) is 12.3. The number of fused-ring (bicyclic) bond motifs is 1. The van der Waals surface area contributed by atoms with E-state index in [0.717, 1.165) is 0 Å². The van der Waals surface area contributed by atoms with Gasteiger partial charge in [-0.25, -0.2) is 8.42 Å². The van der Waals surface area contributed by atoms with E-state index in [1.165, 1.54) is 68.3 Å². The fourth-order valence-corrected chi connectivity index (χ4v) is 6.22. The molecule has 0 spiro atoms. The fraction of sp³-hybridized carbons (Fsp3) is 0.423. The molecule has 1 aromatic heterocycles. The van der Waals surface area contributed by atoms with Crippen LogP contribution in [0.1, 0.15) is 17.3 Å². The molecule has 12 nitrogen and oxygen atoms in total. The smallest absolute Gasteiger partial charge is 0.326 e. The maximum absolute atomic E-state index is 13.2. The predicted molar refractivity (Wildman–Crippen MR) is 148 cm³/mol.